The van der Waals surface area contributed by atoms with Gasteiger partial charge >= 0.3 is 0 Å². The summed E-state index contributed by atoms with van der Waals surface area (Å²) in [6.45, 7) is 5.90. The smallest absolute Gasteiger partial charge is 0.262 e. The number of hydrogen-bond donors (Lipinski definition) is 3. The average Bonchev–Trinajstić information content (AvgIpc) is 3.42. The standard InChI is InChI=1S/C30H34N4O5/c1-19(26(17-31)30(37)32-18-25-15-24(35)16-29(36)38-25)27-7-8-28(39-27)22-4-3-21-14-23(6-5-20(21)13-22)34-11-9-33(2)10-12-34/h3-8,13-14,24-25,29,35-36H,9-12,15-16,18H2,1-2H3,(H,32,37)/b26-19+. The number of carbonyl (C=O) groups is 1. The van der Waals surface area contributed by atoms with E-state index in [-0.39, 0.29) is 18.5 Å². The van der Waals surface area contributed by atoms with Gasteiger partial charge in [0, 0.05) is 62.4 Å². The molecular formula is C30H34N4O5. The summed E-state index contributed by atoms with van der Waals surface area (Å²) in [5.41, 5.74) is 2.49. The largest absolute Gasteiger partial charge is 0.456 e. The van der Waals surface area contributed by atoms with Crippen LogP contribution in [0.15, 0.2) is 58.5 Å². The summed E-state index contributed by atoms with van der Waals surface area (Å²) in [6.07, 6.45) is -1.86. The molecule has 0 saturated carbocycles. The second-order valence-corrected chi connectivity index (χ2v) is 10.4. The molecule has 3 aromatic rings. The highest BCUT2D eigenvalue weighted by molar-refractivity contribution is 6.04. The van der Waals surface area contributed by atoms with E-state index in [0.29, 0.717) is 23.5 Å². The first-order valence-electron chi connectivity index (χ1n) is 13.3. The van der Waals surface area contributed by atoms with Crippen LogP contribution in [0.4, 0.5) is 5.69 Å². The van der Waals surface area contributed by atoms with Gasteiger partial charge < -0.3 is 34.5 Å². The molecule has 0 spiro atoms. The van der Waals surface area contributed by atoms with Gasteiger partial charge in [0.15, 0.2) is 6.29 Å². The molecule has 1 aromatic heterocycles. The molecule has 1 amide bonds. The number of benzene rings is 2. The second-order valence-electron chi connectivity index (χ2n) is 10.4. The van der Waals surface area contributed by atoms with Crippen LogP contribution in [0, 0.1) is 11.3 Å². The lowest BCUT2D eigenvalue weighted by atomic mass is 10.0. The number of nitrogens with zero attached hydrogens (tertiary/aromatic N) is 3. The normalized spacial score (nSPS) is 22.8. The molecule has 2 fully saturated rings. The minimum atomic E-state index is -1.07. The van der Waals surface area contributed by atoms with E-state index in [9.17, 15) is 20.3 Å². The zero-order valence-electron chi connectivity index (χ0n) is 22.3. The minimum absolute atomic E-state index is 0.0669. The van der Waals surface area contributed by atoms with Crippen molar-refractivity contribution in [3.05, 3.63) is 59.9 Å². The lowest BCUT2D eigenvalue weighted by molar-refractivity contribution is -0.187. The lowest BCUT2D eigenvalue weighted by Crippen LogP contribution is -2.44. The highest BCUT2D eigenvalue weighted by Gasteiger charge is 2.28. The van der Waals surface area contributed by atoms with Crippen molar-refractivity contribution < 1.29 is 24.2 Å². The first-order valence-corrected chi connectivity index (χ1v) is 13.3. The van der Waals surface area contributed by atoms with Crippen LogP contribution >= 0.6 is 0 Å². The Hall–Kier alpha value is -3.68. The van der Waals surface area contributed by atoms with Crippen molar-refractivity contribution in [2.45, 2.75) is 38.3 Å². The summed E-state index contributed by atoms with van der Waals surface area (Å²) in [6, 6.07) is 18.3. The fourth-order valence-electron chi connectivity index (χ4n) is 5.16. The number of piperazine rings is 1. The van der Waals surface area contributed by atoms with E-state index in [2.05, 4.69) is 52.5 Å². The van der Waals surface area contributed by atoms with E-state index in [1.54, 1.807) is 13.0 Å². The van der Waals surface area contributed by atoms with E-state index in [4.69, 9.17) is 9.15 Å². The first-order chi connectivity index (χ1) is 18.8. The number of fused-ring (bicyclic) bond motifs is 1. The Morgan fingerprint density at radius 1 is 1.05 bits per heavy atom. The number of ether oxygens (including phenoxy) is 1. The van der Waals surface area contributed by atoms with E-state index in [0.717, 1.165) is 42.5 Å². The number of allylic oxidation sites excluding steroid dienone is 1. The Morgan fingerprint density at radius 2 is 1.79 bits per heavy atom. The topological polar surface area (TPSA) is 122 Å². The molecule has 3 atom stereocenters. The highest BCUT2D eigenvalue weighted by atomic mass is 16.6. The van der Waals surface area contributed by atoms with Crippen molar-refractivity contribution in [1.82, 2.24) is 10.2 Å². The van der Waals surface area contributed by atoms with Crippen molar-refractivity contribution in [2.75, 3.05) is 44.7 Å². The summed E-state index contributed by atoms with van der Waals surface area (Å²) in [4.78, 5) is 17.5. The Morgan fingerprint density at radius 3 is 2.54 bits per heavy atom. The summed E-state index contributed by atoms with van der Waals surface area (Å²) >= 11 is 0. The second kappa shape index (κ2) is 11.6. The molecule has 2 aliphatic heterocycles. The van der Waals surface area contributed by atoms with Crippen molar-refractivity contribution in [1.29, 1.82) is 5.26 Å². The Bertz CT molecular complexity index is 1410. The van der Waals surface area contributed by atoms with Gasteiger partial charge in [-0.15, -0.1) is 0 Å². The fraction of sp³-hybridized carbons (Fsp3) is 0.400. The molecule has 0 radical (unpaired) electrons. The molecule has 5 rings (SSSR count). The van der Waals surface area contributed by atoms with Gasteiger partial charge in [0.2, 0.25) is 0 Å². The third kappa shape index (κ3) is 6.15. The number of nitriles is 1. The first kappa shape index (κ1) is 26.9. The van der Waals surface area contributed by atoms with Crippen LogP contribution in [-0.2, 0) is 9.53 Å². The summed E-state index contributed by atoms with van der Waals surface area (Å²) in [7, 11) is 2.15. The average molecular weight is 531 g/mol. The van der Waals surface area contributed by atoms with Gasteiger partial charge in [-0.25, -0.2) is 0 Å². The van der Waals surface area contributed by atoms with Gasteiger partial charge in [-0.2, -0.15) is 5.26 Å². The monoisotopic (exact) mass is 530 g/mol. The highest BCUT2D eigenvalue weighted by Crippen LogP contribution is 2.31. The van der Waals surface area contributed by atoms with Gasteiger partial charge in [-0.05, 0) is 55.1 Å². The molecule has 3 N–H and O–H groups in total. The van der Waals surface area contributed by atoms with Crippen LogP contribution < -0.4 is 10.2 Å². The molecule has 9 heteroatoms. The molecular weight excluding hydrogens is 496 g/mol. The predicted molar refractivity (Wildman–Crippen MR) is 149 cm³/mol. The number of amides is 1. The molecule has 2 aliphatic rings. The van der Waals surface area contributed by atoms with Crippen molar-refractivity contribution in [3.8, 4) is 17.4 Å². The Labute approximate surface area is 227 Å². The van der Waals surface area contributed by atoms with Gasteiger partial charge in [-0.3, -0.25) is 4.79 Å². The third-order valence-corrected chi connectivity index (χ3v) is 7.51. The van der Waals surface area contributed by atoms with Gasteiger partial charge in [0.05, 0.1) is 12.2 Å². The number of likely N-dealkylation sites (N-methyl/N-ethyl adjacent to an activating group) is 1. The molecule has 3 unspecified atom stereocenters. The predicted octanol–water partition coefficient (Wildman–Crippen LogP) is 3.12. The van der Waals surface area contributed by atoms with Gasteiger partial charge in [0.25, 0.3) is 5.91 Å². The number of furan rings is 1. The van der Waals surface area contributed by atoms with Crippen molar-refractivity contribution in [2.24, 2.45) is 0 Å². The molecule has 2 saturated heterocycles. The van der Waals surface area contributed by atoms with Crippen LogP contribution in [0.25, 0.3) is 27.7 Å². The zero-order chi connectivity index (χ0) is 27.5. The van der Waals surface area contributed by atoms with E-state index >= 15 is 0 Å². The maximum Gasteiger partial charge on any atom is 0.262 e. The fourth-order valence-corrected chi connectivity index (χ4v) is 5.16. The van der Waals surface area contributed by atoms with E-state index in [1.165, 1.54) is 5.69 Å². The molecule has 2 aromatic carbocycles. The number of rotatable bonds is 6. The summed E-state index contributed by atoms with van der Waals surface area (Å²) < 4.78 is 11.4. The Kier molecular flexibility index (Phi) is 8.00. The van der Waals surface area contributed by atoms with Crippen LogP contribution in [0.2, 0.25) is 0 Å². The van der Waals surface area contributed by atoms with Gasteiger partial charge in [-0.1, -0.05) is 18.2 Å². The van der Waals surface area contributed by atoms with Crippen molar-refractivity contribution >= 4 is 27.9 Å². The number of aliphatic hydroxyl groups is 2. The van der Waals surface area contributed by atoms with E-state index in [1.807, 2.05) is 18.2 Å². The zero-order valence-corrected chi connectivity index (χ0v) is 22.3. The number of hydrogen-bond acceptors (Lipinski definition) is 8. The van der Waals surface area contributed by atoms with Crippen LogP contribution in [0.5, 0.6) is 0 Å². The molecule has 3 heterocycles. The number of anilines is 1. The quantitative estimate of drug-likeness (QED) is 0.328. The maximum absolute atomic E-state index is 12.8. The number of aliphatic hydroxyl groups excluding tert-OH is 2. The van der Waals surface area contributed by atoms with Crippen LogP contribution in [0.3, 0.4) is 0 Å². The Balaban J connectivity index is 1.29. The van der Waals surface area contributed by atoms with E-state index < -0.39 is 24.4 Å². The number of nitrogens with one attached hydrogen (secondary N) is 1. The van der Waals surface area contributed by atoms with Gasteiger partial charge in [0.1, 0.15) is 23.2 Å². The van der Waals surface area contributed by atoms with Crippen molar-refractivity contribution in [3.63, 3.8) is 0 Å². The SMILES string of the molecule is C/C(=C(/C#N)C(=O)NCC1CC(O)CC(O)O1)c1ccc(-c2ccc3cc(N4CCN(C)CC4)ccc3c2)o1. The summed E-state index contributed by atoms with van der Waals surface area (Å²) in [5.74, 6) is 0.514. The molecule has 39 heavy (non-hydrogen) atoms. The summed E-state index contributed by atoms with van der Waals surface area (Å²) in [5, 5.41) is 34.1. The maximum atomic E-state index is 12.8. The molecule has 0 aliphatic carbocycles. The third-order valence-electron chi connectivity index (χ3n) is 7.51. The molecule has 0 bridgehead atoms. The molecule has 9 nitrogen and oxygen atoms in total. The van der Waals surface area contributed by atoms with Crippen LogP contribution in [-0.4, -0.2) is 79.3 Å². The van der Waals surface area contributed by atoms with Crippen LogP contribution in [0.1, 0.15) is 25.5 Å². The lowest BCUT2D eigenvalue weighted by Gasteiger charge is -2.34. The minimum Gasteiger partial charge on any atom is -0.456 e. The number of carbonyl (C=O) groups excluding carboxylic acids is 1. The molecule has 204 valence electrons.